The van der Waals surface area contributed by atoms with Crippen molar-refractivity contribution in [3.8, 4) is 5.75 Å². The first-order valence-electron chi connectivity index (χ1n) is 5.76. The monoisotopic (exact) mass is 333 g/mol. The number of benzene rings is 2. The number of halogens is 4. The maximum absolute atomic E-state index is 13.7. The van der Waals surface area contributed by atoms with Gasteiger partial charge in [0.05, 0.1) is 10.0 Å². The summed E-state index contributed by atoms with van der Waals surface area (Å²) in [5.41, 5.74) is 6.53. The molecule has 6 heteroatoms. The molecular formula is C14H11Cl3FNO. The van der Waals surface area contributed by atoms with Crippen molar-refractivity contribution in [2.24, 2.45) is 5.73 Å². The highest BCUT2D eigenvalue weighted by atomic mass is 35.5. The summed E-state index contributed by atoms with van der Waals surface area (Å²) in [6.45, 7) is 0.167. The van der Waals surface area contributed by atoms with E-state index >= 15 is 0 Å². The summed E-state index contributed by atoms with van der Waals surface area (Å²) >= 11 is 17.9. The van der Waals surface area contributed by atoms with Gasteiger partial charge in [-0.15, -0.1) is 0 Å². The van der Waals surface area contributed by atoms with Gasteiger partial charge in [0.2, 0.25) is 0 Å². The van der Waals surface area contributed by atoms with Crippen LogP contribution in [0.1, 0.15) is 11.1 Å². The van der Waals surface area contributed by atoms with E-state index in [2.05, 4.69) is 0 Å². The molecule has 0 aliphatic rings. The van der Waals surface area contributed by atoms with Crippen molar-refractivity contribution in [3.05, 3.63) is 62.3 Å². The zero-order chi connectivity index (χ0) is 14.7. The van der Waals surface area contributed by atoms with Crippen LogP contribution in [0.3, 0.4) is 0 Å². The van der Waals surface area contributed by atoms with Gasteiger partial charge >= 0.3 is 0 Å². The van der Waals surface area contributed by atoms with Crippen LogP contribution in [-0.4, -0.2) is 0 Å². The Hall–Kier alpha value is -1.00. The van der Waals surface area contributed by atoms with E-state index in [1.165, 1.54) is 12.1 Å². The maximum atomic E-state index is 13.7. The first kappa shape index (κ1) is 15.4. The van der Waals surface area contributed by atoms with Gasteiger partial charge in [-0.3, -0.25) is 0 Å². The van der Waals surface area contributed by atoms with Crippen LogP contribution in [0, 0.1) is 5.82 Å². The average molecular weight is 335 g/mol. The minimum absolute atomic E-state index is 0.0418. The van der Waals surface area contributed by atoms with E-state index in [0.717, 1.165) is 0 Å². The molecule has 0 amide bonds. The fourth-order valence-corrected chi connectivity index (χ4v) is 2.55. The Balaban J connectivity index is 2.27. The molecule has 2 aromatic carbocycles. The van der Waals surface area contributed by atoms with Gasteiger partial charge in [0.1, 0.15) is 18.2 Å². The van der Waals surface area contributed by atoms with Crippen molar-refractivity contribution >= 4 is 34.8 Å². The lowest BCUT2D eigenvalue weighted by atomic mass is 10.2. The molecule has 0 radical (unpaired) electrons. The molecule has 0 saturated heterocycles. The lowest BCUT2D eigenvalue weighted by Gasteiger charge is -2.14. The molecular weight excluding hydrogens is 324 g/mol. The second-order valence-corrected chi connectivity index (χ2v) is 5.32. The average Bonchev–Trinajstić information content (AvgIpc) is 2.39. The zero-order valence-corrected chi connectivity index (χ0v) is 12.6. The van der Waals surface area contributed by atoms with Gasteiger partial charge in [-0.25, -0.2) is 4.39 Å². The van der Waals surface area contributed by atoms with Crippen LogP contribution in [0.15, 0.2) is 30.3 Å². The highest BCUT2D eigenvalue weighted by molar-refractivity contribution is 6.35. The molecule has 106 valence electrons. The molecule has 2 N–H and O–H groups in total. The van der Waals surface area contributed by atoms with Crippen LogP contribution in [0.4, 0.5) is 4.39 Å². The number of nitrogens with two attached hydrogens (primary N) is 1. The lowest BCUT2D eigenvalue weighted by Crippen LogP contribution is -2.05. The van der Waals surface area contributed by atoms with E-state index in [-0.39, 0.29) is 18.7 Å². The Bertz CT molecular complexity index is 614. The molecule has 2 rings (SSSR count). The SMILES string of the molecule is NCc1cc(Cl)cc(Cl)c1OCc1c(F)cccc1Cl. The van der Waals surface area contributed by atoms with Crippen molar-refractivity contribution < 1.29 is 9.13 Å². The molecule has 0 unspecified atom stereocenters. The summed E-state index contributed by atoms with van der Waals surface area (Å²) < 4.78 is 19.2. The van der Waals surface area contributed by atoms with Crippen LogP contribution >= 0.6 is 34.8 Å². The Labute approximate surface area is 131 Å². The van der Waals surface area contributed by atoms with E-state index in [9.17, 15) is 4.39 Å². The summed E-state index contributed by atoms with van der Waals surface area (Å²) in [5, 5.41) is 1.08. The summed E-state index contributed by atoms with van der Waals surface area (Å²) in [6, 6.07) is 7.64. The minimum atomic E-state index is -0.433. The second kappa shape index (κ2) is 6.64. The highest BCUT2D eigenvalue weighted by Gasteiger charge is 2.13. The standard InChI is InChI=1S/C14H11Cl3FNO/c15-9-4-8(6-19)14(12(17)5-9)20-7-10-11(16)2-1-3-13(10)18/h1-5H,6-7,19H2. The smallest absolute Gasteiger partial charge is 0.142 e. The summed E-state index contributed by atoms with van der Waals surface area (Å²) in [4.78, 5) is 0. The molecule has 0 spiro atoms. The largest absolute Gasteiger partial charge is 0.487 e. The van der Waals surface area contributed by atoms with Crippen molar-refractivity contribution in [3.63, 3.8) is 0 Å². The third-order valence-corrected chi connectivity index (χ3v) is 3.58. The van der Waals surface area contributed by atoms with Crippen molar-refractivity contribution in [1.82, 2.24) is 0 Å². The molecule has 2 nitrogen and oxygen atoms in total. The van der Waals surface area contributed by atoms with Crippen molar-refractivity contribution in [2.75, 3.05) is 0 Å². The molecule has 0 heterocycles. The quantitative estimate of drug-likeness (QED) is 0.869. The van der Waals surface area contributed by atoms with E-state index in [4.69, 9.17) is 45.3 Å². The third kappa shape index (κ3) is 3.36. The predicted octanol–water partition coefficient (Wildman–Crippen LogP) is 4.82. The highest BCUT2D eigenvalue weighted by Crippen LogP contribution is 2.33. The number of hydrogen-bond donors (Lipinski definition) is 1. The normalized spacial score (nSPS) is 10.7. The lowest BCUT2D eigenvalue weighted by molar-refractivity contribution is 0.297. The first-order valence-corrected chi connectivity index (χ1v) is 6.90. The zero-order valence-electron chi connectivity index (χ0n) is 10.3. The van der Waals surface area contributed by atoms with E-state index in [0.29, 0.717) is 26.4 Å². The molecule has 0 atom stereocenters. The Morgan fingerprint density at radius 3 is 2.50 bits per heavy atom. The van der Waals surface area contributed by atoms with Crippen LogP contribution in [0.25, 0.3) is 0 Å². The predicted molar refractivity (Wildman–Crippen MR) is 80.1 cm³/mol. The van der Waals surface area contributed by atoms with Gasteiger partial charge in [-0.1, -0.05) is 40.9 Å². The van der Waals surface area contributed by atoms with Gasteiger partial charge in [0.25, 0.3) is 0 Å². The van der Waals surface area contributed by atoms with Gasteiger partial charge < -0.3 is 10.5 Å². The Morgan fingerprint density at radius 1 is 1.10 bits per heavy atom. The number of ether oxygens (including phenoxy) is 1. The summed E-state index contributed by atoms with van der Waals surface area (Å²) in [7, 11) is 0. The maximum Gasteiger partial charge on any atom is 0.142 e. The van der Waals surface area contributed by atoms with Crippen LogP contribution in [0.5, 0.6) is 5.75 Å². The Morgan fingerprint density at radius 2 is 1.85 bits per heavy atom. The van der Waals surface area contributed by atoms with Crippen LogP contribution in [0.2, 0.25) is 15.1 Å². The first-order chi connectivity index (χ1) is 9.52. The topological polar surface area (TPSA) is 35.2 Å². The summed E-state index contributed by atoms with van der Waals surface area (Å²) in [5.74, 6) is -0.0465. The van der Waals surface area contributed by atoms with Gasteiger partial charge in [0.15, 0.2) is 0 Å². The van der Waals surface area contributed by atoms with Gasteiger partial charge in [-0.2, -0.15) is 0 Å². The number of hydrogen-bond acceptors (Lipinski definition) is 2. The van der Waals surface area contributed by atoms with Gasteiger partial charge in [0, 0.05) is 22.7 Å². The fourth-order valence-electron chi connectivity index (χ4n) is 1.74. The molecule has 0 fully saturated rings. The van der Waals surface area contributed by atoms with Gasteiger partial charge in [-0.05, 0) is 24.3 Å². The molecule has 0 aromatic heterocycles. The Kier molecular flexibility index (Phi) is 5.11. The molecule has 0 aliphatic heterocycles. The van der Waals surface area contributed by atoms with Crippen molar-refractivity contribution in [1.29, 1.82) is 0 Å². The van der Waals surface area contributed by atoms with Crippen LogP contribution in [-0.2, 0) is 13.2 Å². The van der Waals surface area contributed by atoms with Crippen molar-refractivity contribution in [2.45, 2.75) is 13.2 Å². The second-order valence-electron chi connectivity index (χ2n) is 4.07. The van der Waals surface area contributed by atoms with E-state index in [1.54, 1.807) is 18.2 Å². The van der Waals surface area contributed by atoms with E-state index < -0.39 is 5.82 Å². The molecule has 0 bridgehead atoms. The van der Waals surface area contributed by atoms with E-state index in [1.807, 2.05) is 0 Å². The minimum Gasteiger partial charge on any atom is -0.487 e. The molecule has 0 aliphatic carbocycles. The molecule has 0 saturated carbocycles. The molecule has 20 heavy (non-hydrogen) atoms. The fraction of sp³-hybridized carbons (Fsp3) is 0.143. The third-order valence-electron chi connectivity index (χ3n) is 2.73. The summed E-state index contributed by atoms with van der Waals surface area (Å²) in [6.07, 6.45) is 0. The molecule has 2 aromatic rings. The number of rotatable bonds is 4. The van der Waals surface area contributed by atoms with Crippen LogP contribution < -0.4 is 10.5 Å².